The molecule has 4 aromatic rings. The number of nitrogens with zero attached hydrogens (tertiary/aromatic N) is 2. The van der Waals surface area contributed by atoms with Crippen LogP contribution >= 0.6 is 0 Å². The van der Waals surface area contributed by atoms with E-state index in [2.05, 4.69) is 5.10 Å². The Bertz CT molecular complexity index is 1910. The predicted molar refractivity (Wildman–Crippen MR) is 158 cm³/mol. The number of fused-ring (bicyclic) bond motifs is 1. The number of aromatic nitrogens is 2. The maximum atomic E-state index is 15.0. The number of ether oxygens (including phenoxy) is 2. The van der Waals surface area contributed by atoms with E-state index in [-0.39, 0.29) is 40.7 Å². The molecule has 0 radical (unpaired) electrons. The normalized spacial score (nSPS) is 15.5. The number of ketones is 1. The maximum absolute atomic E-state index is 15.0. The topological polar surface area (TPSA) is 114 Å². The van der Waals surface area contributed by atoms with Crippen LogP contribution < -0.4 is 10.5 Å². The second-order valence-corrected chi connectivity index (χ2v) is 13.6. The molecular weight excluding hydrogens is 576 g/mol. The summed E-state index contributed by atoms with van der Waals surface area (Å²) in [6.45, 7) is 4.38. The summed E-state index contributed by atoms with van der Waals surface area (Å²) >= 11 is 0. The van der Waals surface area contributed by atoms with Gasteiger partial charge in [0.15, 0.2) is 27.2 Å². The van der Waals surface area contributed by atoms with E-state index in [1.54, 1.807) is 36.4 Å². The van der Waals surface area contributed by atoms with Gasteiger partial charge < -0.3 is 15.2 Å². The monoisotopic (exact) mass is 605 g/mol. The van der Waals surface area contributed by atoms with E-state index < -0.39 is 32.6 Å². The number of carbonyl (C=O) groups is 1. The first-order valence-electron chi connectivity index (χ1n) is 13.6. The average Bonchev–Trinajstić information content (AvgIpc) is 3.51. The molecule has 1 saturated heterocycles. The molecule has 1 fully saturated rings. The molecule has 2 heterocycles. The van der Waals surface area contributed by atoms with Crippen molar-refractivity contribution in [1.29, 1.82) is 0 Å². The number of Topliss-reactive ketones (excluding diaryl/α,β-unsaturated/α-hetero) is 1. The summed E-state index contributed by atoms with van der Waals surface area (Å²) in [5.41, 5.74) is 9.11. The van der Waals surface area contributed by atoms with Gasteiger partial charge in [-0.15, -0.1) is 0 Å². The number of carbonyl (C=O) groups excluding carboxylic acids is 1. The van der Waals surface area contributed by atoms with Crippen molar-refractivity contribution in [2.45, 2.75) is 26.0 Å². The number of sulfone groups is 1. The molecule has 11 heteroatoms. The first-order chi connectivity index (χ1) is 20.4. The van der Waals surface area contributed by atoms with Crippen LogP contribution in [-0.4, -0.2) is 42.9 Å². The first kappa shape index (κ1) is 28.8. The second kappa shape index (κ2) is 10.7. The minimum absolute atomic E-state index is 0.0786. The fourth-order valence-corrected chi connectivity index (χ4v) is 7.53. The summed E-state index contributed by atoms with van der Waals surface area (Å²) in [4.78, 5) is 13.5. The van der Waals surface area contributed by atoms with Crippen LogP contribution in [0, 0.1) is 24.0 Å². The number of para-hydroxylation sites is 1. The lowest BCUT2D eigenvalue weighted by atomic mass is 9.92. The molecule has 0 amide bonds. The molecule has 3 aromatic carbocycles. The molecule has 2 aliphatic rings. The fourth-order valence-electron chi connectivity index (χ4n) is 5.51. The summed E-state index contributed by atoms with van der Waals surface area (Å²) < 4.78 is 66.8. The average molecular weight is 606 g/mol. The molecule has 1 aliphatic carbocycles. The number of hydrogen-bond donors (Lipinski definition) is 1. The SMILES string of the molecule is Cc1cc(Oc2ccccc2F)ccc1-n1ncc(C(=O)C2=Cc3cc(F)c(CS(=O)(=O)CC4(C)COC4)cc3C2)c1N. The zero-order chi connectivity index (χ0) is 30.5. The Hall–Kier alpha value is -4.35. The molecule has 0 atom stereocenters. The lowest BCUT2D eigenvalue weighted by molar-refractivity contribution is -0.0870. The van der Waals surface area contributed by atoms with E-state index in [0.717, 1.165) is 5.56 Å². The van der Waals surface area contributed by atoms with Gasteiger partial charge in [0, 0.05) is 23.0 Å². The van der Waals surface area contributed by atoms with E-state index in [1.807, 2.05) is 13.8 Å². The highest BCUT2D eigenvalue weighted by molar-refractivity contribution is 7.90. The van der Waals surface area contributed by atoms with Crippen molar-refractivity contribution in [2.24, 2.45) is 5.41 Å². The van der Waals surface area contributed by atoms with E-state index in [1.165, 1.54) is 35.1 Å². The van der Waals surface area contributed by atoms with Crippen LogP contribution in [0.3, 0.4) is 0 Å². The molecule has 0 bridgehead atoms. The zero-order valence-electron chi connectivity index (χ0n) is 23.6. The highest BCUT2D eigenvalue weighted by Crippen LogP contribution is 2.34. The number of allylic oxidation sites excluding steroid dienone is 1. The Kier molecular flexibility index (Phi) is 7.18. The van der Waals surface area contributed by atoms with Crippen molar-refractivity contribution in [3.05, 3.63) is 106 Å². The van der Waals surface area contributed by atoms with Crippen molar-refractivity contribution in [2.75, 3.05) is 24.7 Å². The van der Waals surface area contributed by atoms with Crippen molar-refractivity contribution >= 4 is 27.5 Å². The molecule has 1 aliphatic heterocycles. The minimum Gasteiger partial charge on any atom is -0.454 e. The van der Waals surface area contributed by atoms with Crippen LogP contribution in [-0.2, 0) is 26.7 Å². The van der Waals surface area contributed by atoms with E-state index in [4.69, 9.17) is 15.2 Å². The first-order valence-corrected chi connectivity index (χ1v) is 15.5. The number of benzene rings is 3. The third-order valence-electron chi connectivity index (χ3n) is 7.67. The highest BCUT2D eigenvalue weighted by atomic mass is 32.2. The summed E-state index contributed by atoms with van der Waals surface area (Å²) in [6, 6.07) is 14.0. The fraction of sp³-hybridized carbons (Fsp3) is 0.250. The quantitative estimate of drug-likeness (QED) is 0.247. The molecule has 8 nitrogen and oxygen atoms in total. The lowest BCUT2D eigenvalue weighted by Gasteiger charge is -2.37. The van der Waals surface area contributed by atoms with Gasteiger partial charge >= 0.3 is 0 Å². The number of anilines is 1. The molecule has 1 aromatic heterocycles. The van der Waals surface area contributed by atoms with E-state index in [9.17, 15) is 22.0 Å². The van der Waals surface area contributed by atoms with Gasteiger partial charge in [0.25, 0.3) is 0 Å². The van der Waals surface area contributed by atoms with Gasteiger partial charge in [-0.3, -0.25) is 4.79 Å². The van der Waals surface area contributed by atoms with Gasteiger partial charge in [0.2, 0.25) is 0 Å². The van der Waals surface area contributed by atoms with Crippen molar-refractivity contribution in [1.82, 2.24) is 9.78 Å². The van der Waals surface area contributed by atoms with Crippen LogP contribution in [0.15, 0.2) is 66.4 Å². The van der Waals surface area contributed by atoms with E-state index >= 15 is 0 Å². The van der Waals surface area contributed by atoms with Gasteiger partial charge in [-0.1, -0.05) is 25.1 Å². The molecule has 222 valence electrons. The van der Waals surface area contributed by atoms with Crippen LogP contribution in [0.4, 0.5) is 14.6 Å². The van der Waals surface area contributed by atoms with Gasteiger partial charge in [-0.2, -0.15) is 5.10 Å². The third kappa shape index (κ3) is 5.70. The summed E-state index contributed by atoms with van der Waals surface area (Å²) in [7, 11) is -3.58. The number of rotatable bonds is 9. The van der Waals surface area contributed by atoms with Gasteiger partial charge in [-0.25, -0.2) is 21.9 Å². The molecule has 43 heavy (non-hydrogen) atoms. The molecule has 2 N–H and O–H groups in total. The third-order valence-corrected chi connectivity index (χ3v) is 9.55. The molecule has 0 unspecified atom stereocenters. The summed E-state index contributed by atoms with van der Waals surface area (Å²) in [5.74, 6) is -1.33. The standard InChI is InChI=1S/C32H29F2N3O5S/c1-19-9-24(42-29-6-4-3-5-26(29)33)7-8-28(19)37-31(35)25(14-36-37)30(38)22-10-20-12-23(27(34)13-21(20)11-22)15-43(39,40)18-32(2)16-41-17-32/h3-9,11-14H,10,15-18,35H2,1-2H3. The van der Waals surface area contributed by atoms with Crippen LogP contribution in [0.2, 0.25) is 0 Å². The number of aryl methyl sites for hydroxylation is 1. The Morgan fingerprint density at radius 1 is 1.12 bits per heavy atom. The number of nitrogen functional groups attached to an aromatic ring is 1. The molecular formula is C32H29F2N3O5S. The predicted octanol–water partition coefficient (Wildman–Crippen LogP) is 5.61. The minimum atomic E-state index is -3.58. The van der Waals surface area contributed by atoms with Gasteiger partial charge in [0.05, 0.1) is 42.2 Å². The van der Waals surface area contributed by atoms with Crippen molar-refractivity contribution in [3.63, 3.8) is 0 Å². The zero-order valence-corrected chi connectivity index (χ0v) is 24.4. The van der Waals surface area contributed by atoms with Crippen molar-refractivity contribution < 1.29 is 31.5 Å². The van der Waals surface area contributed by atoms with Crippen LogP contribution in [0.1, 0.15) is 39.5 Å². The highest BCUT2D eigenvalue weighted by Gasteiger charge is 2.38. The van der Waals surface area contributed by atoms with Crippen molar-refractivity contribution in [3.8, 4) is 17.2 Å². The van der Waals surface area contributed by atoms with E-state index in [0.29, 0.717) is 41.4 Å². The smallest absolute Gasteiger partial charge is 0.194 e. The number of halogens is 2. The Labute approximate surface area is 247 Å². The Morgan fingerprint density at radius 2 is 1.88 bits per heavy atom. The second-order valence-electron chi connectivity index (χ2n) is 11.5. The summed E-state index contributed by atoms with van der Waals surface area (Å²) in [5, 5.41) is 4.33. The van der Waals surface area contributed by atoms with Gasteiger partial charge in [-0.05, 0) is 66.1 Å². The van der Waals surface area contributed by atoms with Crippen LogP contribution in [0.25, 0.3) is 11.8 Å². The largest absolute Gasteiger partial charge is 0.454 e. The summed E-state index contributed by atoms with van der Waals surface area (Å²) in [6.07, 6.45) is 3.19. The molecule has 0 spiro atoms. The maximum Gasteiger partial charge on any atom is 0.194 e. The van der Waals surface area contributed by atoms with Gasteiger partial charge in [0.1, 0.15) is 17.4 Å². The molecule has 0 saturated carbocycles. The van der Waals surface area contributed by atoms with Crippen LogP contribution in [0.5, 0.6) is 11.5 Å². The number of hydrogen-bond acceptors (Lipinski definition) is 7. The number of nitrogens with two attached hydrogens (primary N) is 1. The lowest BCUT2D eigenvalue weighted by Crippen LogP contribution is -2.45. The Morgan fingerprint density at radius 3 is 2.58 bits per heavy atom. The Balaban J connectivity index is 1.18. The molecule has 6 rings (SSSR count).